The lowest BCUT2D eigenvalue weighted by Gasteiger charge is -2.32. The highest BCUT2D eigenvalue weighted by Crippen LogP contribution is 2.22. The molecule has 0 spiro atoms. The Kier molecular flexibility index (Phi) is 5.12. The number of thiophene rings is 1. The summed E-state index contributed by atoms with van der Waals surface area (Å²) in [7, 11) is 0. The highest BCUT2D eigenvalue weighted by atomic mass is 35.5. The predicted octanol–water partition coefficient (Wildman–Crippen LogP) is 2.81. The van der Waals surface area contributed by atoms with Gasteiger partial charge in [0.05, 0.1) is 11.9 Å². The molecule has 5 nitrogen and oxygen atoms in total. The Morgan fingerprint density at radius 1 is 1.55 bits per heavy atom. The van der Waals surface area contributed by atoms with Crippen LogP contribution in [0.3, 0.4) is 0 Å². The molecule has 2 N–H and O–H groups in total. The SMILES string of the molecule is O=c1[nH]ncc(NC[C@H]2CCCN(Cc3cccs3)C2)c1Cl. The van der Waals surface area contributed by atoms with Gasteiger partial charge in [-0.3, -0.25) is 9.69 Å². The number of likely N-dealkylation sites (tertiary alicyclic amines) is 1. The summed E-state index contributed by atoms with van der Waals surface area (Å²) < 4.78 is 0. The van der Waals surface area contributed by atoms with E-state index in [1.807, 2.05) is 11.3 Å². The summed E-state index contributed by atoms with van der Waals surface area (Å²) in [5.41, 5.74) is 0.260. The molecule has 0 amide bonds. The average Bonchev–Trinajstić information content (AvgIpc) is 3.02. The van der Waals surface area contributed by atoms with E-state index in [1.165, 1.54) is 17.7 Å². The van der Waals surface area contributed by atoms with Crippen LogP contribution in [0.1, 0.15) is 17.7 Å². The number of nitrogens with one attached hydrogen (secondary N) is 2. The van der Waals surface area contributed by atoms with Crippen molar-refractivity contribution in [2.24, 2.45) is 5.92 Å². The number of H-pyrrole nitrogens is 1. The molecule has 2 aromatic heterocycles. The third-order valence-electron chi connectivity index (χ3n) is 3.94. The van der Waals surface area contributed by atoms with Crippen molar-refractivity contribution in [1.82, 2.24) is 15.1 Å². The maximum atomic E-state index is 11.4. The normalized spacial score (nSPS) is 19.2. The van der Waals surface area contributed by atoms with Gasteiger partial charge in [-0.1, -0.05) is 17.7 Å². The topological polar surface area (TPSA) is 61.0 Å². The highest BCUT2D eigenvalue weighted by Gasteiger charge is 2.20. The van der Waals surface area contributed by atoms with Gasteiger partial charge in [-0.25, -0.2) is 5.10 Å². The largest absolute Gasteiger partial charge is 0.382 e. The summed E-state index contributed by atoms with van der Waals surface area (Å²) in [5.74, 6) is 0.559. The number of rotatable bonds is 5. The fourth-order valence-corrected chi connectivity index (χ4v) is 3.75. The van der Waals surface area contributed by atoms with Crippen LogP contribution in [0.25, 0.3) is 0 Å². The zero-order valence-corrected chi connectivity index (χ0v) is 13.8. The second-order valence-corrected chi connectivity index (χ2v) is 7.04. The number of aromatic amines is 1. The molecular formula is C15H19ClN4OS. The van der Waals surface area contributed by atoms with Crippen molar-refractivity contribution in [1.29, 1.82) is 0 Å². The lowest BCUT2D eigenvalue weighted by molar-refractivity contribution is 0.174. The van der Waals surface area contributed by atoms with Crippen molar-refractivity contribution in [3.05, 3.63) is 44.0 Å². The number of hydrogen-bond donors (Lipinski definition) is 2. The fraction of sp³-hybridized carbons (Fsp3) is 0.467. The van der Waals surface area contributed by atoms with Gasteiger partial charge in [0.15, 0.2) is 0 Å². The summed E-state index contributed by atoms with van der Waals surface area (Å²) >= 11 is 7.79. The molecule has 1 saturated heterocycles. The van der Waals surface area contributed by atoms with Crippen LogP contribution in [0.5, 0.6) is 0 Å². The lowest BCUT2D eigenvalue weighted by Crippen LogP contribution is -2.37. The summed E-state index contributed by atoms with van der Waals surface area (Å²) in [4.78, 5) is 15.3. The molecule has 118 valence electrons. The molecule has 0 bridgehead atoms. The summed E-state index contributed by atoms with van der Waals surface area (Å²) in [5, 5.41) is 11.7. The smallest absolute Gasteiger partial charge is 0.285 e. The van der Waals surface area contributed by atoms with E-state index in [0.29, 0.717) is 11.6 Å². The first-order chi connectivity index (χ1) is 10.7. The molecule has 1 atom stereocenters. The van der Waals surface area contributed by atoms with Crippen molar-refractivity contribution in [3.8, 4) is 0 Å². The zero-order valence-electron chi connectivity index (χ0n) is 12.2. The van der Waals surface area contributed by atoms with Gasteiger partial charge < -0.3 is 5.32 Å². The van der Waals surface area contributed by atoms with Crippen molar-refractivity contribution in [2.45, 2.75) is 19.4 Å². The maximum absolute atomic E-state index is 11.4. The summed E-state index contributed by atoms with van der Waals surface area (Å²) in [6, 6.07) is 4.29. The van der Waals surface area contributed by atoms with Gasteiger partial charge >= 0.3 is 0 Å². The van der Waals surface area contributed by atoms with Crippen molar-refractivity contribution in [2.75, 3.05) is 25.0 Å². The standard InChI is InChI=1S/C15H19ClN4OS/c16-14-13(8-18-19-15(14)21)17-7-11-3-1-5-20(9-11)10-12-4-2-6-22-12/h2,4,6,8,11H,1,3,5,7,9-10H2,(H2,17,19,21)/t11-/m1/s1. The number of halogens is 1. The van der Waals surface area contributed by atoms with E-state index >= 15 is 0 Å². The molecule has 0 aromatic carbocycles. The molecule has 3 heterocycles. The Hall–Kier alpha value is -1.37. The number of hydrogen-bond acceptors (Lipinski definition) is 5. The van der Waals surface area contributed by atoms with E-state index in [2.05, 4.69) is 37.9 Å². The van der Waals surface area contributed by atoms with Crippen LogP contribution in [0.4, 0.5) is 5.69 Å². The Morgan fingerprint density at radius 3 is 3.27 bits per heavy atom. The van der Waals surface area contributed by atoms with Crippen molar-refractivity contribution < 1.29 is 0 Å². The third-order valence-corrected chi connectivity index (χ3v) is 5.18. The first-order valence-corrected chi connectivity index (χ1v) is 8.70. The number of anilines is 1. The Balaban J connectivity index is 1.54. The van der Waals surface area contributed by atoms with Gasteiger partial charge in [0.1, 0.15) is 5.02 Å². The Labute approximate surface area is 138 Å². The highest BCUT2D eigenvalue weighted by molar-refractivity contribution is 7.09. The van der Waals surface area contributed by atoms with Crippen LogP contribution in [0.2, 0.25) is 5.02 Å². The van der Waals surface area contributed by atoms with Crippen molar-refractivity contribution >= 4 is 28.6 Å². The molecular weight excluding hydrogens is 320 g/mol. The van der Waals surface area contributed by atoms with Crippen LogP contribution < -0.4 is 10.9 Å². The molecule has 22 heavy (non-hydrogen) atoms. The van der Waals surface area contributed by atoms with Gasteiger partial charge in [-0.15, -0.1) is 11.3 Å². The first-order valence-electron chi connectivity index (χ1n) is 7.44. The minimum atomic E-state index is -0.352. The Morgan fingerprint density at radius 2 is 2.45 bits per heavy atom. The molecule has 7 heteroatoms. The van der Waals surface area contributed by atoms with E-state index < -0.39 is 0 Å². The fourth-order valence-electron chi connectivity index (χ4n) is 2.85. The number of aromatic nitrogens is 2. The number of piperidine rings is 1. The molecule has 1 fully saturated rings. The van der Waals surface area contributed by atoms with Gasteiger partial charge in [-0.05, 0) is 36.8 Å². The monoisotopic (exact) mass is 338 g/mol. The van der Waals surface area contributed by atoms with Crippen molar-refractivity contribution in [3.63, 3.8) is 0 Å². The van der Waals surface area contributed by atoms with E-state index in [1.54, 1.807) is 6.20 Å². The molecule has 0 aliphatic carbocycles. The van der Waals surface area contributed by atoms with Crippen LogP contribution in [0.15, 0.2) is 28.5 Å². The second-order valence-electron chi connectivity index (χ2n) is 5.63. The zero-order chi connectivity index (χ0) is 15.4. The van der Waals surface area contributed by atoms with Crippen LogP contribution >= 0.6 is 22.9 Å². The van der Waals surface area contributed by atoms with E-state index in [-0.39, 0.29) is 10.6 Å². The van der Waals surface area contributed by atoms with Gasteiger partial charge in [0.2, 0.25) is 0 Å². The quantitative estimate of drug-likeness (QED) is 0.880. The predicted molar refractivity (Wildman–Crippen MR) is 90.7 cm³/mol. The minimum Gasteiger partial charge on any atom is -0.382 e. The molecule has 0 radical (unpaired) electrons. The summed E-state index contributed by atoms with van der Waals surface area (Å²) in [6.07, 6.45) is 3.97. The van der Waals surface area contributed by atoms with Gasteiger partial charge in [0, 0.05) is 24.5 Å². The molecule has 1 aliphatic heterocycles. The van der Waals surface area contributed by atoms with E-state index in [4.69, 9.17) is 11.6 Å². The molecule has 0 saturated carbocycles. The lowest BCUT2D eigenvalue weighted by atomic mass is 9.98. The molecule has 2 aromatic rings. The second kappa shape index (κ2) is 7.26. The first kappa shape index (κ1) is 15.5. The van der Waals surface area contributed by atoms with E-state index in [0.717, 1.165) is 26.2 Å². The van der Waals surface area contributed by atoms with E-state index in [9.17, 15) is 4.79 Å². The third kappa shape index (κ3) is 3.88. The van der Waals surface area contributed by atoms with Gasteiger partial charge in [0.25, 0.3) is 5.56 Å². The minimum absolute atomic E-state index is 0.182. The average molecular weight is 339 g/mol. The number of nitrogens with zero attached hydrogens (tertiary/aromatic N) is 2. The van der Waals surface area contributed by atoms with Crippen LogP contribution in [-0.4, -0.2) is 34.7 Å². The molecule has 3 rings (SSSR count). The molecule has 1 aliphatic rings. The van der Waals surface area contributed by atoms with Gasteiger partial charge in [-0.2, -0.15) is 5.10 Å². The van der Waals surface area contributed by atoms with Crippen LogP contribution in [-0.2, 0) is 6.54 Å². The van der Waals surface area contributed by atoms with Crippen LogP contribution in [0, 0.1) is 5.92 Å². The maximum Gasteiger partial charge on any atom is 0.285 e. The molecule has 0 unspecified atom stereocenters. The summed E-state index contributed by atoms with van der Waals surface area (Å²) in [6.45, 7) is 4.06. The Bertz CT molecular complexity index is 658.